The fourth-order valence-corrected chi connectivity index (χ4v) is 4.48. The number of halogens is 1. The number of hydrogen-bond donors (Lipinski definition) is 4. The molecule has 0 aliphatic carbocycles. The van der Waals surface area contributed by atoms with Gasteiger partial charge in [-0.05, 0) is 62.2 Å². The Morgan fingerprint density at radius 3 is 2.33 bits per heavy atom. The number of aliphatic hydroxyl groups is 1. The summed E-state index contributed by atoms with van der Waals surface area (Å²) < 4.78 is 18.6. The van der Waals surface area contributed by atoms with E-state index in [4.69, 9.17) is 4.74 Å². The number of carbonyl (C=O) groups excluding carboxylic acids is 3. The number of ether oxygens (including phenoxy) is 1. The lowest BCUT2D eigenvalue weighted by atomic mass is 9.85. The van der Waals surface area contributed by atoms with Crippen molar-refractivity contribution in [3.63, 3.8) is 0 Å². The van der Waals surface area contributed by atoms with Crippen molar-refractivity contribution in [2.75, 3.05) is 26.7 Å². The molecule has 0 saturated carbocycles. The summed E-state index contributed by atoms with van der Waals surface area (Å²) in [5.74, 6) is 4.48. The first-order chi connectivity index (χ1) is 18.8. The van der Waals surface area contributed by atoms with Gasteiger partial charge in [-0.15, -0.1) is 0 Å². The molecule has 39 heavy (non-hydrogen) atoms. The number of piperidine rings is 1. The molecule has 2 aromatic rings. The van der Waals surface area contributed by atoms with E-state index >= 15 is 0 Å². The van der Waals surface area contributed by atoms with Crippen molar-refractivity contribution >= 4 is 17.8 Å². The van der Waals surface area contributed by atoms with Crippen molar-refractivity contribution in [1.82, 2.24) is 20.9 Å². The van der Waals surface area contributed by atoms with Gasteiger partial charge in [-0.25, -0.2) is 9.18 Å². The number of urea groups is 1. The lowest BCUT2D eigenvalue weighted by molar-refractivity contribution is -0.119. The van der Waals surface area contributed by atoms with Gasteiger partial charge in [0.15, 0.2) is 17.6 Å². The maximum absolute atomic E-state index is 13.8. The normalized spacial score (nSPS) is 18.8. The molecule has 0 spiro atoms. The molecule has 208 valence electrons. The minimum atomic E-state index is -0.805. The van der Waals surface area contributed by atoms with E-state index in [9.17, 15) is 23.9 Å². The van der Waals surface area contributed by atoms with Crippen LogP contribution in [0.15, 0.2) is 36.4 Å². The molecule has 3 aliphatic rings. The Morgan fingerprint density at radius 2 is 1.77 bits per heavy atom. The van der Waals surface area contributed by atoms with E-state index < -0.39 is 29.4 Å². The zero-order valence-electron chi connectivity index (χ0n) is 22.7. The first-order valence-electron chi connectivity index (χ1n) is 13.1. The number of nitrogens with zero attached hydrogens (tertiary/aromatic N) is 1. The summed E-state index contributed by atoms with van der Waals surface area (Å²) in [4.78, 5) is 35.7. The van der Waals surface area contributed by atoms with Gasteiger partial charge in [-0.2, -0.15) is 0 Å². The van der Waals surface area contributed by atoms with Crippen LogP contribution in [0.4, 0.5) is 9.18 Å². The standard InChI is InChI=1S/C16H17N3O3.C11H12FNO2.C2H6/c20-14-13(18-15(21)19-14)6-3-11-1-4-12(5-2-11)16(22)7-9-17-10-8-16;1-3-13-6-7-4-5-8(15-2)10(12)9(7)11(13)14;1-2/h1-2,4-5,13,17,22H,7-10H2,(H2,18,19,20,21);4-5H,3,6H2,1-2H3;1-2H3. The molecule has 5 rings (SSSR count). The van der Waals surface area contributed by atoms with Crippen LogP contribution in [0.1, 0.15) is 60.7 Å². The number of nitrogens with one attached hydrogen (secondary N) is 3. The Bertz CT molecular complexity index is 1260. The zero-order chi connectivity index (χ0) is 28.6. The topological polar surface area (TPSA) is 120 Å². The molecule has 4 N–H and O–H groups in total. The summed E-state index contributed by atoms with van der Waals surface area (Å²) in [6.45, 7) is 8.56. The second-order valence-electron chi connectivity index (χ2n) is 8.96. The summed E-state index contributed by atoms with van der Waals surface area (Å²) in [6.07, 6.45) is 1.37. The SMILES string of the molecule is CC.CCN1Cc2ccc(OC)c(F)c2C1=O.O=C1NC(=O)C(C#Cc2ccc(C3(O)CCNCC3)cc2)N1. The molecule has 10 heteroatoms. The maximum Gasteiger partial charge on any atom is 0.322 e. The van der Waals surface area contributed by atoms with Gasteiger partial charge in [0, 0.05) is 18.7 Å². The first kappa shape index (κ1) is 29.6. The third-order valence-electron chi connectivity index (χ3n) is 6.64. The maximum atomic E-state index is 13.8. The molecular formula is C29H35FN4O5. The van der Waals surface area contributed by atoms with Crippen molar-refractivity contribution in [2.45, 2.75) is 51.8 Å². The Labute approximate surface area is 228 Å². The third-order valence-corrected chi connectivity index (χ3v) is 6.64. The predicted octanol–water partition coefficient (Wildman–Crippen LogP) is 2.65. The van der Waals surface area contributed by atoms with Gasteiger partial charge < -0.3 is 25.4 Å². The fourth-order valence-electron chi connectivity index (χ4n) is 4.48. The Morgan fingerprint density at radius 1 is 1.10 bits per heavy atom. The van der Waals surface area contributed by atoms with Crippen LogP contribution in [0.3, 0.4) is 0 Å². The smallest absolute Gasteiger partial charge is 0.322 e. The van der Waals surface area contributed by atoms with Gasteiger partial charge in [-0.3, -0.25) is 14.9 Å². The van der Waals surface area contributed by atoms with E-state index in [1.807, 2.05) is 45.0 Å². The van der Waals surface area contributed by atoms with Crippen molar-refractivity contribution in [2.24, 2.45) is 0 Å². The second-order valence-corrected chi connectivity index (χ2v) is 8.96. The van der Waals surface area contributed by atoms with Crippen molar-refractivity contribution in [3.05, 3.63) is 64.5 Å². The van der Waals surface area contributed by atoms with Crippen molar-refractivity contribution in [3.8, 4) is 17.6 Å². The summed E-state index contributed by atoms with van der Waals surface area (Å²) in [7, 11) is 1.39. The van der Waals surface area contributed by atoms with E-state index in [-0.39, 0.29) is 17.2 Å². The number of methoxy groups -OCH3 is 1. The predicted molar refractivity (Wildman–Crippen MR) is 144 cm³/mol. The van der Waals surface area contributed by atoms with Crippen LogP contribution in [0.25, 0.3) is 0 Å². The molecule has 1 atom stereocenters. The van der Waals surface area contributed by atoms with Gasteiger partial charge in [0.25, 0.3) is 11.8 Å². The molecule has 3 heterocycles. The molecule has 3 aliphatic heterocycles. The number of imide groups is 1. The van der Waals surface area contributed by atoms with E-state index in [0.717, 1.165) is 29.8 Å². The van der Waals surface area contributed by atoms with E-state index in [0.29, 0.717) is 25.9 Å². The van der Waals surface area contributed by atoms with Crippen LogP contribution >= 0.6 is 0 Å². The van der Waals surface area contributed by atoms with Crippen LogP contribution < -0.4 is 20.7 Å². The number of benzene rings is 2. The molecule has 4 amide bonds. The molecule has 2 fully saturated rings. The molecule has 9 nitrogen and oxygen atoms in total. The highest BCUT2D eigenvalue weighted by Gasteiger charge is 2.32. The highest BCUT2D eigenvalue weighted by Crippen LogP contribution is 2.31. The minimum Gasteiger partial charge on any atom is -0.494 e. The average Bonchev–Trinajstić information content (AvgIpc) is 3.46. The molecule has 2 aromatic carbocycles. The molecule has 1 unspecified atom stereocenters. The number of fused-ring (bicyclic) bond motifs is 1. The van der Waals surface area contributed by atoms with E-state index in [2.05, 4.69) is 27.8 Å². The molecule has 2 saturated heterocycles. The van der Waals surface area contributed by atoms with E-state index in [1.54, 1.807) is 17.0 Å². The molecule has 0 radical (unpaired) electrons. The minimum absolute atomic E-state index is 0.125. The van der Waals surface area contributed by atoms with Crippen LogP contribution in [0.2, 0.25) is 0 Å². The van der Waals surface area contributed by atoms with E-state index in [1.165, 1.54) is 7.11 Å². The number of amides is 4. The Hall–Kier alpha value is -3.94. The summed E-state index contributed by atoms with van der Waals surface area (Å²) in [6, 6.07) is 9.33. The largest absolute Gasteiger partial charge is 0.494 e. The summed E-state index contributed by atoms with van der Waals surface area (Å²) in [5, 5.41) is 18.4. The van der Waals surface area contributed by atoms with Gasteiger partial charge in [0.2, 0.25) is 0 Å². The highest BCUT2D eigenvalue weighted by atomic mass is 19.1. The van der Waals surface area contributed by atoms with Crippen molar-refractivity contribution < 1.29 is 28.6 Å². The van der Waals surface area contributed by atoms with Crippen LogP contribution in [0.5, 0.6) is 5.75 Å². The monoisotopic (exact) mass is 538 g/mol. The Kier molecular flexibility index (Phi) is 10.0. The molecule has 0 bridgehead atoms. The molecule has 0 aromatic heterocycles. The summed E-state index contributed by atoms with van der Waals surface area (Å²) in [5.41, 5.74) is 1.73. The fraction of sp³-hybridized carbons (Fsp3) is 0.414. The second kappa shape index (κ2) is 13.2. The summed E-state index contributed by atoms with van der Waals surface area (Å²) >= 11 is 0. The highest BCUT2D eigenvalue weighted by molar-refractivity contribution is 6.05. The number of rotatable bonds is 3. The van der Waals surface area contributed by atoms with Gasteiger partial charge in [0.05, 0.1) is 18.3 Å². The van der Waals surface area contributed by atoms with Gasteiger partial charge in [-0.1, -0.05) is 43.9 Å². The quantitative estimate of drug-likeness (QED) is 0.352. The van der Waals surface area contributed by atoms with Gasteiger partial charge >= 0.3 is 6.03 Å². The first-order valence-corrected chi connectivity index (χ1v) is 13.1. The molecular weight excluding hydrogens is 503 g/mol. The Balaban J connectivity index is 0.000000216. The van der Waals surface area contributed by atoms with Crippen LogP contribution in [-0.4, -0.2) is 60.6 Å². The third kappa shape index (κ3) is 6.74. The number of carbonyl (C=O) groups is 3. The lowest BCUT2D eigenvalue weighted by Gasteiger charge is -2.33. The average molecular weight is 539 g/mol. The zero-order valence-corrected chi connectivity index (χ0v) is 22.7. The van der Waals surface area contributed by atoms with Crippen LogP contribution in [-0.2, 0) is 16.9 Å². The van der Waals surface area contributed by atoms with Crippen LogP contribution in [0, 0.1) is 17.7 Å². The number of hydrogen-bond acceptors (Lipinski definition) is 6. The van der Waals surface area contributed by atoms with Gasteiger partial charge in [0.1, 0.15) is 0 Å². The van der Waals surface area contributed by atoms with Crippen molar-refractivity contribution in [1.29, 1.82) is 0 Å². The lowest BCUT2D eigenvalue weighted by Crippen LogP contribution is -2.39.